The van der Waals surface area contributed by atoms with Crippen molar-refractivity contribution in [2.45, 2.75) is 75.4 Å². The van der Waals surface area contributed by atoms with Gasteiger partial charge in [0.25, 0.3) is 0 Å². The third kappa shape index (κ3) is 5.68. The molecule has 6 heteroatoms. The lowest BCUT2D eigenvalue weighted by Crippen LogP contribution is -2.36. The summed E-state index contributed by atoms with van der Waals surface area (Å²) in [4.78, 5) is 11.4. The molecule has 0 amide bonds. The van der Waals surface area contributed by atoms with Gasteiger partial charge in [-0.15, -0.1) is 11.6 Å². The van der Waals surface area contributed by atoms with E-state index in [1.807, 2.05) is 36.4 Å². The summed E-state index contributed by atoms with van der Waals surface area (Å²) in [6.45, 7) is 2.04. The molecular weight excluding hydrogens is 464 g/mol. The van der Waals surface area contributed by atoms with Crippen LogP contribution in [0.4, 0.5) is 0 Å². The Morgan fingerprint density at radius 1 is 1.20 bits per heavy atom. The number of carbonyl (C=O) groups is 1. The third-order valence-corrected chi connectivity index (χ3v) is 8.55. The Kier molecular flexibility index (Phi) is 8.41. The summed E-state index contributed by atoms with van der Waals surface area (Å²) >= 11 is 6.77. The van der Waals surface area contributed by atoms with Crippen LogP contribution in [0.2, 0.25) is 0 Å². The van der Waals surface area contributed by atoms with E-state index in [2.05, 4.69) is 23.8 Å². The molecule has 0 radical (unpaired) electrons. The largest absolute Gasteiger partial charge is 0.482 e. The molecule has 0 unspecified atom stereocenters. The van der Waals surface area contributed by atoms with Crippen LogP contribution >= 0.6 is 11.6 Å². The van der Waals surface area contributed by atoms with Crippen LogP contribution in [-0.4, -0.2) is 41.4 Å². The van der Waals surface area contributed by atoms with E-state index in [4.69, 9.17) is 16.3 Å². The standard InChI is InChI=1S/C29H37ClO5/c1-3-11-29(12-6-13-29)28(33)21-9-5-8-20(16-21)27-23(24(30)17-25(27)31)15-19-7-4-10-22(14-19)35-18-26(32)34-2/h4-5,7-10,14,16,23-25,27-28,31,33H,3,6,11-13,15,17-18H2,1-2H3/t23-,24+,25+,27+,28+/m0/s1. The second-order valence-corrected chi connectivity index (χ2v) is 10.8. The number of esters is 1. The number of aliphatic hydroxyl groups is 2. The first-order valence-corrected chi connectivity index (χ1v) is 13.2. The number of rotatable bonds is 10. The van der Waals surface area contributed by atoms with Crippen LogP contribution in [0.5, 0.6) is 5.75 Å². The van der Waals surface area contributed by atoms with E-state index >= 15 is 0 Å². The van der Waals surface area contributed by atoms with E-state index in [0.29, 0.717) is 18.6 Å². The zero-order chi connectivity index (χ0) is 25.0. The minimum atomic E-state index is -0.540. The highest BCUT2D eigenvalue weighted by Gasteiger charge is 2.45. The van der Waals surface area contributed by atoms with Crippen LogP contribution in [-0.2, 0) is 16.0 Å². The van der Waals surface area contributed by atoms with Crippen molar-refractivity contribution in [1.29, 1.82) is 0 Å². The van der Waals surface area contributed by atoms with Gasteiger partial charge in [0.15, 0.2) is 6.61 Å². The Hall–Kier alpha value is -2.08. The molecule has 2 aliphatic rings. The van der Waals surface area contributed by atoms with Crippen molar-refractivity contribution in [2.24, 2.45) is 11.3 Å². The van der Waals surface area contributed by atoms with Crippen molar-refractivity contribution in [1.82, 2.24) is 0 Å². The highest BCUT2D eigenvalue weighted by Crippen LogP contribution is 2.54. The first-order valence-electron chi connectivity index (χ1n) is 12.8. The van der Waals surface area contributed by atoms with Crippen molar-refractivity contribution in [3.8, 4) is 5.75 Å². The molecule has 4 rings (SSSR count). The minimum Gasteiger partial charge on any atom is -0.482 e. The van der Waals surface area contributed by atoms with Crippen LogP contribution in [0.1, 0.15) is 74.2 Å². The van der Waals surface area contributed by atoms with Gasteiger partial charge in [-0.25, -0.2) is 4.79 Å². The first-order chi connectivity index (χ1) is 16.9. The third-order valence-electron chi connectivity index (χ3n) is 8.05. The molecule has 2 N–H and O–H groups in total. The van der Waals surface area contributed by atoms with Gasteiger partial charge in [0.05, 0.1) is 19.3 Å². The van der Waals surface area contributed by atoms with E-state index in [-0.39, 0.29) is 29.2 Å². The van der Waals surface area contributed by atoms with Gasteiger partial charge in [-0.3, -0.25) is 0 Å². The van der Waals surface area contributed by atoms with E-state index in [9.17, 15) is 15.0 Å². The molecule has 2 aliphatic carbocycles. The molecule has 2 aromatic rings. The van der Waals surface area contributed by atoms with Gasteiger partial charge in [-0.05, 0) is 66.8 Å². The van der Waals surface area contributed by atoms with Crippen LogP contribution < -0.4 is 4.74 Å². The lowest BCUT2D eigenvalue weighted by Gasteiger charge is -2.46. The zero-order valence-corrected chi connectivity index (χ0v) is 21.4. The molecule has 2 fully saturated rings. The number of aliphatic hydroxyl groups excluding tert-OH is 2. The number of ether oxygens (including phenoxy) is 2. The predicted molar refractivity (Wildman–Crippen MR) is 137 cm³/mol. The SMILES string of the molecule is CCCC1([C@H](O)c2cccc([C@@H]3[C@@H](Cc4cccc(OCC(=O)OC)c4)[C@H](Cl)C[C@H]3O)c2)CCC1. The Labute approximate surface area is 213 Å². The summed E-state index contributed by atoms with van der Waals surface area (Å²) in [6.07, 6.45) is 5.60. The molecule has 5 atom stereocenters. The molecule has 0 aromatic heterocycles. The fraction of sp³-hybridized carbons (Fsp3) is 0.552. The number of halogens is 1. The molecule has 0 saturated heterocycles. The van der Waals surface area contributed by atoms with Gasteiger partial charge in [0.1, 0.15) is 5.75 Å². The number of alkyl halides is 1. The Bertz CT molecular complexity index is 1000. The van der Waals surface area contributed by atoms with E-state index in [1.54, 1.807) is 0 Å². The monoisotopic (exact) mass is 500 g/mol. The fourth-order valence-corrected chi connectivity index (χ4v) is 6.53. The summed E-state index contributed by atoms with van der Waals surface area (Å²) in [5.74, 6) is 0.0804. The van der Waals surface area contributed by atoms with Gasteiger partial charge >= 0.3 is 5.97 Å². The van der Waals surface area contributed by atoms with Crippen molar-refractivity contribution in [3.05, 3.63) is 65.2 Å². The van der Waals surface area contributed by atoms with Crippen molar-refractivity contribution < 1.29 is 24.5 Å². The van der Waals surface area contributed by atoms with Crippen molar-refractivity contribution in [2.75, 3.05) is 13.7 Å². The Morgan fingerprint density at radius 3 is 2.66 bits per heavy atom. The lowest BCUT2D eigenvalue weighted by atomic mass is 9.61. The number of benzene rings is 2. The number of methoxy groups -OCH3 is 1. The van der Waals surface area contributed by atoms with Crippen LogP contribution in [0.3, 0.4) is 0 Å². The Morgan fingerprint density at radius 2 is 1.97 bits per heavy atom. The van der Waals surface area contributed by atoms with Crippen LogP contribution in [0.15, 0.2) is 48.5 Å². The smallest absolute Gasteiger partial charge is 0.343 e. The van der Waals surface area contributed by atoms with Crippen molar-refractivity contribution in [3.63, 3.8) is 0 Å². The van der Waals surface area contributed by atoms with Crippen LogP contribution in [0, 0.1) is 11.3 Å². The molecule has 0 bridgehead atoms. The summed E-state index contributed by atoms with van der Waals surface area (Å²) in [6, 6.07) is 15.8. The second-order valence-electron chi connectivity index (χ2n) is 10.3. The van der Waals surface area contributed by atoms with Gasteiger partial charge in [0.2, 0.25) is 0 Å². The quantitative estimate of drug-likeness (QED) is 0.330. The maximum atomic E-state index is 11.4. The first kappa shape index (κ1) is 26.0. The topological polar surface area (TPSA) is 76.0 Å². The molecule has 0 heterocycles. The highest BCUT2D eigenvalue weighted by atomic mass is 35.5. The van der Waals surface area contributed by atoms with E-state index in [1.165, 1.54) is 13.5 Å². The molecule has 190 valence electrons. The van der Waals surface area contributed by atoms with Gasteiger partial charge in [0, 0.05) is 16.7 Å². The van der Waals surface area contributed by atoms with Gasteiger partial charge in [-0.1, -0.05) is 56.2 Å². The number of hydrogen-bond donors (Lipinski definition) is 2. The summed E-state index contributed by atoms with van der Waals surface area (Å²) < 4.78 is 10.2. The van der Waals surface area contributed by atoms with Gasteiger partial charge in [-0.2, -0.15) is 0 Å². The summed E-state index contributed by atoms with van der Waals surface area (Å²) in [7, 11) is 1.33. The molecular formula is C29H37ClO5. The maximum Gasteiger partial charge on any atom is 0.343 e. The average Bonchev–Trinajstić information content (AvgIpc) is 3.12. The fourth-order valence-electron chi connectivity index (χ4n) is 6.10. The maximum absolute atomic E-state index is 11.4. The second kappa shape index (κ2) is 11.3. The number of carbonyl (C=O) groups excluding carboxylic acids is 1. The molecule has 2 saturated carbocycles. The highest BCUT2D eigenvalue weighted by molar-refractivity contribution is 6.21. The lowest BCUT2D eigenvalue weighted by molar-refractivity contribution is -0.142. The zero-order valence-electron chi connectivity index (χ0n) is 20.7. The Balaban J connectivity index is 1.54. The average molecular weight is 501 g/mol. The summed E-state index contributed by atoms with van der Waals surface area (Å²) in [5.41, 5.74) is 3.00. The molecule has 35 heavy (non-hydrogen) atoms. The normalized spacial score (nSPS) is 26.1. The molecule has 0 spiro atoms. The predicted octanol–water partition coefficient (Wildman–Crippen LogP) is 5.56. The summed E-state index contributed by atoms with van der Waals surface area (Å²) in [5, 5.41) is 22.1. The minimum absolute atomic E-state index is 0.0132. The van der Waals surface area contributed by atoms with Crippen LogP contribution in [0.25, 0.3) is 0 Å². The number of hydrogen-bond acceptors (Lipinski definition) is 5. The molecule has 5 nitrogen and oxygen atoms in total. The molecule has 2 aromatic carbocycles. The van der Waals surface area contributed by atoms with Gasteiger partial charge < -0.3 is 19.7 Å². The van der Waals surface area contributed by atoms with Crippen molar-refractivity contribution >= 4 is 17.6 Å². The molecule has 0 aliphatic heterocycles. The van der Waals surface area contributed by atoms with E-state index < -0.39 is 18.2 Å². The van der Waals surface area contributed by atoms with E-state index in [0.717, 1.165) is 42.4 Å².